The number of rotatable bonds is 1. The molecule has 3 N–H and O–H groups in total. The van der Waals surface area contributed by atoms with Gasteiger partial charge in [0.25, 0.3) is 0 Å². The summed E-state index contributed by atoms with van der Waals surface area (Å²) in [4.78, 5) is 0. The number of nitrogens with one attached hydrogen (secondary N) is 1. The van der Waals surface area contributed by atoms with Gasteiger partial charge in [-0.05, 0) is 29.0 Å². The Morgan fingerprint density at radius 1 is 1.07 bits per heavy atom. The van der Waals surface area contributed by atoms with Crippen LogP contribution in [0.1, 0.15) is 5.56 Å². The molecular formula is C11H9FN2. The maximum absolute atomic E-state index is 12.8. The number of hydrogen-bond acceptors (Lipinski definition) is 1. The molecule has 0 atom stereocenters. The Balaban J connectivity index is 2.67. The van der Waals surface area contributed by atoms with Crippen molar-refractivity contribution in [1.82, 2.24) is 0 Å². The van der Waals surface area contributed by atoms with Gasteiger partial charge in [0.1, 0.15) is 11.7 Å². The van der Waals surface area contributed by atoms with Gasteiger partial charge in [-0.2, -0.15) is 0 Å². The second-order valence-corrected chi connectivity index (χ2v) is 3.12. The topological polar surface area (TPSA) is 49.9 Å². The molecule has 0 saturated heterocycles. The van der Waals surface area contributed by atoms with Crippen LogP contribution in [0.25, 0.3) is 10.8 Å². The maximum Gasteiger partial charge on any atom is 0.123 e. The van der Waals surface area contributed by atoms with Crippen LogP contribution in [-0.2, 0) is 0 Å². The molecule has 0 unspecified atom stereocenters. The first kappa shape index (κ1) is 8.69. The van der Waals surface area contributed by atoms with Crippen molar-refractivity contribution in [1.29, 1.82) is 5.41 Å². The van der Waals surface area contributed by atoms with E-state index in [0.717, 1.165) is 10.8 Å². The van der Waals surface area contributed by atoms with Crippen LogP contribution < -0.4 is 5.73 Å². The van der Waals surface area contributed by atoms with E-state index in [9.17, 15) is 4.39 Å². The quantitative estimate of drug-likeness (QED) is 0.523. The summed E-state index contributed by atoms with van der Waals surface area (Å²) in [5.41, 5.74) is 6.00. The molecule has 0 aliphatic heterocycles. The Morgan fingerprint density at radius 2 is 1.71 bits per heavy atom. The van der Waals surface area contributed by atoms with Crippen molar-refractivity contribution >= 4 is 16.6 Å². The number of nitrogen functional groups attached to an aromatic ring is 1. The fraction of sp³-hybridized carbons (Fsp3) is 0. The Bertz CT molecular complexity index is 506. The molecule has 0 amide bonds. The van der Waals surface area contributed by atoms with Gasteiger partial charge in [0.15, 0.2) is 0 Å². The van der Waals surface area contributed by atoms with E-state index in [4.69, 9.17) is 11.1 Å². The van der Waals surface area contributed by atoms with Crippen molar-refractivity contribution < 1.29 is 4.39 Å². The molecule has 3 heteroatoms. The van der Waals surface area contributed by atoms with Crippen LogP contribution in [0.3, 0.4) is 0 Å². The number of hydrogen-bond donors (Lipinski definition) is 2. The molecule has 0 bridgehead atoms. The minimum atomic E-state index is -0.256. The van der Waals surface area contributed by atoms with E-state index in [1.54, 1.807) is 24.3 Å². The summed E-state index contributed by atoms with van der Waals surface area (Å²) in [6, 6.07) is 9.78. The van der Waals surface area contributed by atoms with Gasteiger partial charge in [-0.1, -0.05) is 18.2 Å². The SMILES string of the molecule is N=C(N)c1ccc2cc(F)ccc2c1. The van der Waals surface area contributed by atoms with Crippen LogP contribution in [0.5, 0.6) is 0 Å². The molecule has 0 aromatic heterocycles. The zero-order valence-corrected chi connectivity index (χ0v) is 7.42. The largest absolute Gasteiger partial charge is 0.384 e. The predicted molar refractivity (Wildman–Crippen MR) is 54.9 cm³/mol. The molecule has 14 heavy (non-hydrogen) atoms. The highest BCUT2D eigenvalue weighted by Gasteiger charge is 1.99. The Labute approximate surface area is 80.7 Å². The van der Waals surface area contributed by atoms with Crippen LogP contribution in [0.15, 0.2) is 36.4 Å². The summed E-state index contributed by atoms with van der Waals surface area (Å²) in [6.45, 7) is 0. The molecule has 0 fully saturated rings. The molecule has 0 radical (unpaired) electrons. The van der Waals surface area contributed by atoms with E-state index >= 15 is 0 Å². The summed E-state index contributed by atoms with van der Waals surface area (Å²) in [6.07, 6.45) is 0. The zero-order valence-electron chi connectivity index (χ0n) is 7.42. The molecule has 70 valence electrons. The van der Waals surface area contributed by atoms with Gasteiger partial charge in [-0.15, -0.1) is 0 Å². The minimum Gasteiger partial charge on any atom is -0.384 e. The van der Waals surface area contributed by atoms with Gasteiger partial charge in [0, 0.05) is 5.56 Å². The molecule has 0 aliphatic rings. The van der Waals surface area contributed by atoms with Gasteiger partial charge in [0.2, 0.25) is 0 Å². The smallest absolute Gasteiger partial charge is 0.123 e. The second-order valence-electron chi connectivity index (χ2n) is 3.12. The van der Waals surface area contributed by atoms with Crippen molar-refractivity contribution in [3.8, 4) is 0 Å². The van der Waals surface area contributed by atoms with E-state index in [-0.39, 0.29) is 11.7 Å². The average molecular weight is 188 g/mol. The Kier molecular flexibility index (Phi) is 1.93. The first-order valence-corrected chi connectivity index (χ1v) is 4.20. The number of fused-ring (bicyclic) bond motifs is 1. The van der Waals surface area contributed by atoms with E-state index in [2.05, 4.69) is 0 Å². The molecular weight excluding hydrogens is 179 g/mol. The lowest BCUT2D eigenvalue weighted by molar-refractivity contribution is 0.630. The molecule has 2 rings (SSSR count). The van der Waals surface area contributed by atoms with Crippen molar-refractivity contribution in [2.24, 2.45) is 5.73 Å². The fourth-order valence-corrected chi connectivity index (χ4v) is 1.38. The summed E-state index contributed by atoms with van der Waals surface area (Å²) < 4.78 is 12.8. The average Bonchev–Trinajstić information content (AvgIpc) is 2.16. The van der Waals surface area contributed by atoms with Gasteiger partial charge in [0.05, 0.1) is 0 Å². The number of nitrogens with two attached hydrogens (primary N) is 1. The highest BCUT2D eigenvalue weighted by molar-refractivity contribution is 5.99. The number of amidine groups is 1. The predicted octanol–water partition coefficient (Wildman–Crippen LogP) is 2.26. The first-order valence-electron chi connectivity index (χ1n) is 4.20. The molecule has 2 aromatic carbocycles. The zero-order chi connectivity index (χ0) is 10.1. The lowest BCUT2D eigenvalue weighted by Crippen LogP contribution is -2.10. The molecule has 2 nitrogen and oxygen atoms in total. The maximum atomic E-state index is 12.8. The number of halogens is 1. The number of benzene rings is 2. The summed E-state index contributed by atoms with van der Waals surface area (Å²) in [5.74, 6) is -0.232. The monoisotopic (exact) mass is 188 g/mol. The standard InChI is InChI=1S/C11H9FN2/c12-10-4-3-7-5-9(11(13)14)2-1-8(7)6-10/h1-6H,(H3,13,14). The van der Waals surface area contributed by atoms with E-state index < -0.39 is 0 Å². The third-order valence-corrected chi connectivity index (χ3v) is 2.11. The highest BCUT2D eigenvalue weighted by Crippen LogP contribution is 2.16. The second kappa shape index (κ2) is 3.10. The molecule has 0 heterocycles. The van der Waals surface area contributed by atoms with Crippen LogP contribution in [-0.4, -0.2) is 5.84 Å². The van der Waals surface area contributed by atoms with E-state index in [1.807, 2.05) is 0 Å². The molecule has 0 spiro atoms. The first-order chi connectivity index (χ1) is 6.66. The van der Waals surface area contributed by atoms with Crippen LogP contribution >= 0.6 is 0 Å². The normalized spacial score (nSPS) is 10.4. The van der Waals surface area contributed by atoms with E-state index in [0.29, 0.717) is 5.56 Å². The molecule has 0 saturated carbocycles. The highest BCUT2D eigenvalue weighted by atomic mass is 19.1. The summed E-state index contributed by atoms with van der Waals surface area (Å²) >= 11 is 0. The lowest BCUT2D eigenvalue weighted by Gasteiger charge is -2.01. The third kappa shape index (κ3) is 1.44. The van der Waals surface area contributed by atoms with Crippen LogP contribution in [0, 0.1) is 11.2 Å². The van der Waals surface area contributed by atoms with Gasteiger partial charge in [-0.3, -0.25) is 5.41 Å². The van der Waals surface area contributed by atoms with Crippen molar-refractivity contribution in [2.45, 2.75) is 0 Å². The van der Waals surface area contributed by atoms with E-state index in [1.165, 1.54) is 12.1 Å². The minimum absolute atomic E-state index is 0.0243. The summed E-state index contributed by atoms with van der Waals surface area (Å²) in [5, 5.41) is 8.96. The van der Waals surface area contributed by atoms with Crippen molar-refractivity contribution in [2.75, 3.05) is 0 Å². The van der Waals surface area contributed by atoms with Crippen LogP contribution in [0.2, 0.25) is 0 Å². The molecule has 2 aromatic rings. The summed E-state index contributed by atoms with van der Waals surface area (Å²) in [7, 11) is 0. The fourth-order valence-electron chi connectivity index (χ4n) is 1.38. The molecule has 0 aliphatic carbocycles. The van der Waals surface area contributed by atoms with Gasteiger partial charge < -0.3 is 5.73 Å². The van der Waals surface area contributed by atoms with Gasteiger partial charge in [-0.25, -0.2) is 4.39 Å². The van der Waals surface area contributed by atoms with Crippen LogP contribution in [0.4, 0.5) is 4.39 Å². The Morgan fingerprint density at radius 3 is 2.43 bits per heavy atom. The third-order valence-electron chi connectivity index (χ3n) is 2.11. The van der Waals surface area contributed by atoms with Gasteiger partial charge >= 0.3 is 0 Å². The Hall–Kier alpha value is -1.90. The lowest BCUT2D eigenvalue weighted by atomic mass is 10.1. The van der Waals surface area contributed by atoms with Crippen molar-refractivity contribution in [3.63, 3.8) is 0 Å². The van der Waals surface area contributed by atoms with Crippen molar-refractivity contribution in [3.05, 3.63) is 47.8 Å².